The van der Waals surface area contributed by atoms with Crippen LogP contribution in [0.3, 0.4) is 0 Å². The van der Waals surface area contributed by atoms with Crippen molar-refractivity contribution >= 4 is 11.6 Å². The number of anilines is 1. The molecule has 0 aromatic heterocycles. The Hall–Kier alpha value is -2.70. The quantitative estimate of drug-likeness (QED) is 0.902. The van der Waals surface area contributed by atoms with E-state index in [2.05, 4.69) is 5.32 Å². The van der Waals surface area contributed by atoms with Crippen molar-refractivity contribution in [2.24, 2.45) is 0 Å². The Bertz CT molecular complexity index is 818. The summed E-state index contributed by atoms with van der Waals surface area (Å²) in [5, 5.41) is 2.69. The number of amides is 1. The third kappa shape index (κ3) is 3.14. The summed E-state index contributed by atoms with van der Waals surface area (Å²) in [4.78, 5) is 12.1. The molecule has 0 spiro atoms. The fourth-order valence-corrected chi connectivity index (χ4v) is 3.12. The lowest BCUT2D eigenvalue weighted by Crippen LogP contribution is -2.25. The zero-order valence-electron chi connectivity index (χ0n) is 13.6. The number of nitrogens with one attached hydrogen (secondary N) is 1. The average Bonchev–Trinajstić information content (AvgIpc) is 2.59. The first-order valence-corrected chi connectivity index (χ1v) is 7.57. The number of ether oxygens (including phenoxy) is 2. The van der Waals surface area contributed by atoms with E-state index in [1.165, 1.54) is 32.4 Å². The minimum Gasteiger partial charge on any atom is -0.493 e. The smallest absolute Gasteiger partial charge is 0.416 e. The molecule has 0 aliphatic carbocycles. The first-order valence-electron chi connectivity index (χ1n) is 7.57. The summed E-state index contributed by atoms with van der Waals surface area (Å²) >= 11 is 0. The molecule has 1 aliphatic rings. The number of benzene rings is 2. The second-order valence-electron chi connectivity index (χ2n) is 5.68. The first kappa shape index (κ1) is 17.1. The molecule has 3 rings (SSSR count). The lowest BCUT2D eigenvalue weighted by atomic mass is 9.82. The van der Waals surface area contributed by atoms with Gasteiger partial charge in [0.1, 0.15) is 0 Å². The molecule has 2 aromatic rings. The normalized spacial score (nSPS) is 16.8. The molecule has 0 bridgehead atoms. The average molecular weight is 351 g/mol. The maximum Gasteiger partial charge on any atom is 0.416 e. The number of methoxy groups -OCH3 is 2. The molecular weight excluding hydrogens is 335 g/mol. The number of hydrogen-bond acceptors (Lipinski definition) is 3. The van der Waals surface area contributed by atoms with Gasteiger partial charge in [0.2, 0.25) is 5.91 Å². The number of alkyl halides is 3. The maximum atomic E-state index is 13.4. The van der Waals surface area contributed by atoms with Crippen molar-refractivity contribution in [3.63, 3.8) is 0 Å². The van der Waals surface area contributed by atoms with E-state index in [4.69, 9.17) is 9.47 Å². The van der Waals surface area contributed by atoms with Gasteiger partial charge in [0.05, 0.1) is 19.8 Å². The van der Waals surface area contributed by atoms with Gasteiger partial charge in [-0.3, -0.25) is 4.79 Å². The SMILES string of the molecule is COc1cc2c(cc1OC)[C@@H](c1ccccc1C(F)(F)F)CC(=O)N2. The molecule has 0 fully saturated rings. The summed E-state index contributed by atoms with van der Waals surface area (Å²) < 4.78 is 50.6. The van der Waals surface area contributed by atoms with Crippen LogP contribution in [-0.2, 0) is 11.0 Å². The monoisotopic (exact) mass is 351 g/mol. The Kier molecular flexibility index (Phi) is 4.32. The Morgan fingerprint density at radius 3 is 2.32 bits per heavy atom. The summed E-state index contributed by atoms with van der Waals surface area (Å²) in [6, 6.07) is 8.50. The van der Waals surface area contributed by atoms with Crippen molar-refractivity contribution in [1.82, 2.24) is 0 Å². The Balaban J connectivity index is 2.19. The van der Waals surface area contributed by atoms with Crippen molar-refractivity contribution in [2.45, 2.75) is 18.5 Å². The van der Waals surface area contributed by atoms with Crippen LogP contribution in [0.2, 0.25) is 0 Å². The Labute approximate surface area is 142 Å². The predicted octanol–water partition coefficient (Wildman–Crippen LogP) is 4.20. The van der Waals surface area contributed by atoms with Gasteiger partial charge in [-0.05, 0) is 23.3 Å². The van der Waals surface area contributed by atoms with Crippen molar-refractivity contribution in [3.8, 4) is 11.5 Å². The van der Waals surface area contributed by atoms with Crippen LogP contribution in [0.5, 0.6) is 11.5 Å². The number of rotatable bonds is 3. The molecule has 0 radical (unpaired) electrons. The van der Waals surface area contributed by atoms with Crippen LogP contribution >= 0.6 is 0 Å². The van der Waals surface area contributed by atoms with Crippen LogP contribution in [-0.4, -0.2) is 20.1 Å². The molecule has 0 saturated heterocycles. The van der Waals surface area contributed by atoms with E-state index >= 15 is 0 Å². The molecular formula is C18H16F3NO3. The molecule has 7 heteroatoms. The Morgan fingerprint density at radius 2 is 1.68 bits per heavy atom. The van der Waals surface area contributed by atoms with E-state index in [-0.39, 0.29) is 17.9 Å². The van der Waals surface area contributed by atoms with Gasteiger partial charge in [-0.25, -0.2) is 0 Å². The Morgan fingerprint density at radius 1 is 1.04 bits per heavy atom. The van der Waals surface area contributed by atoms with Gasteiger partial charge in [0, 0.05) is 24.1 Å². The van der Waals surface area contributed by atoms with Crippen LogP contribution in [0.1, 0.15) is 29.0 Å². The van der Waals surface area contributed by atoms with E-state index < -0.39 is 17.7 Å². The summed E-state index contributed by atoms with van der Waals surface area (Å²) in [6.45, 7) is 0. The molecule has 1 aliphatic heterocycles. The van der Waals surface area contributed by atoms with Crippen molar-refractivity contribution in [1.29, 1.82) is 0 Å². The third-order valence-corrected chi connectivity index (χ3v) is 4.24. The molecule has 1 atom stereocenters. The van der Waals surface area contributed by atoms with E-state index in [0.29, 0.717) is 22.7 Å². The van der Waals surface area contributed by atoms with Gasteiger partial charge >= 0.3 is 6.18 Å². The van der Waals surface area contributed by atoms with Gasteiger partial charge in [0.15, 0.2) is 11.5 Å². The number of fused-ring (bicyclic) bond motifs is 1. The summed E-state index contributed by atoms with van der Waals surface area (Å²) in [5.74, 6) is -0.277. The molecule has 0 unspecified atom stereocenters. The highest BCUT2D eigenvalue weighted by Crippen LogP contribution is 2.45. The predicted molar refractivity (Wildman–Crippen MR) is 86.1 cm³/mol. The maximum absolute atomic E-state index is 13.4. The summed E-state index contributed by atoms with van der Waals surface area (Å²) in [7, 11) is 2.90. The highest BCUT2D eigenvalue weighted by atomic mass is 19.4. The van der Waals surface area contributed by atoms with Crippen LogP contribution in [0.15, 0.2) is 36.4 Å². The zero-order chi connectivity index (χ0) is 18.2. The van der Waals surface area contributed by atoms with E-state index in [9.17, 15) is 18.0 Å². The first-order chi connectivity index (χ1) is 11.8. The van der Waals surface area contributed by atoms with Gasteiger partial charge < -0.3 is 14.8 Å². The largest absolute Gasteiger partial charge is 0.493 e. The van der Waals surface area contributed by atoms with E-state index in [1.54, 1.807) is 12.1 Å². The van der Waals surface area contributed by atoms with Crippen molar-refractivity contribution in [2.75, 3.05) is 19.5 Å². The second kappa shape index (κ2) is 6.31. The molecule has 132 valence electrons. The molecule has 2 aromatic carbocycles. The van der Waals surface area contributed by atoms with Crippen LogP contribution in [0.4, 0.5) is 18.9 Å². The minimum absolute atomic E-state index is 0.0679. The van der Waals surface area contributed by atoms with Gasteiger partial charge in [-0.1, -0.05) is 18.2 Å². The number of hydrogen-bond donors (Lipinski definition) is 1. The van der Waals surface area contributed by atoms with Crippen LogP contribution < -0.4 is 14.8 Å². The lowest BCUT2D eigenvalue weighted by molar-refractivity contribution is -0.138. The van der Waals surface area contributed by atoms with Crippen LogP contribution in [0.25, 0.3) is 0 Å². The summed E-state index contributed by atoms with van der Waals surface area (Å²) in [6.07, 6.45) is -4.57. The number of carbonyl (C=O) groups is 1. The highest BCUT2D eigenvalue weighted by molar-refractivity contribution is 5.96. The fourth-order valence-electron chi connectivity index (χ4n) is 3.12. The molecule has 0 saturated carbocycles. The van der Waals surface area contributed by atoms with Crippen LogP contribution in [0, 0.1) is 0 Å². The standard InChI is InChI=1S/C18H16F3NO3/c1-24-15-7-12-11(8-17(23)22-14(12)9-16(15)25-2)10-5-3-4-6-13(10)18(19,20)21/h3-7,9,11H,8H2,1-2H3,(H,22,23)/t11-/m1/s1. The zero-order valence-corrected chi connectivity index (χ0v) is 13.6. The molecule has 1 amide bonds. The van der Waals surface area contributed by atoms with Gasteiger partial charge in [-0.2, -0.15) is 13.2 Å². The topological polar surface area (TPSA) is 47.6 Å². The fraction of sp³-hybridized carbons (Fsp3) is 0.278. The minimum atomic E-state index is -4.50. The summed E-state index contributed by atoms with van der Waals surface area (Å²) in [5.41, 5.74) is 0.318. The van der Waals surface area contributed by atoms with Gasteiger partial charge in [-0.15, -0.1) is 0 Å². The van der Waals surface area contributed by atoms with Crippen molar-refractivity contribution in [3.05, 3.63) is 53.1 Å². The molecule has 4 nitrogen and oxygen atoms in total. The van der Waals surface area contributed by atoms with Crippen molar-refractivity contribution < 1.29 is 27.4 Å². The third-order valence-electron chi connectivity index (χ3n) is 4.24. The lowest BCUT2D eigenvalue weighted by Gasteiger charge is -2.29. The van der Waals surface area contributed by atoms with Gasteiger partial charge in [0.25, 0.3) is 0 Å². The highest BCUT2D eigenvalue weighted by Gasteiger charge is 2.37. The van der Waals surface area contributed by atoms with E-state index in [1.807, 2.05) is 0 Å². The van der Waals surface area contributed by atoms with E-state index in [0.717, 1.165) is 6.07 Å². The number of carbonyl (C=O) groups excluding carboxylic acids is 1. The second-order valence-corrected chi connectivity index (χ2v) is 5.68. The molecule has 1 heterocycles. The molecule has 1 N–H and O–H groups in total. The molecule has 25 heavy (non-hydrogen) atoms. The number of halogens is 3.